The van der Waals surface area contributed by atoms with E-state index < -0.39 is 0 Å². The maximum atomic E-state index is 12.8. The van der Waals surface area contributed by atoms with E-state index in [1.54, 1.807) is 12.1 Å². The van der Waals surface area contributed by atoms with Crippen LogP contribution in [0.15, 0.2) is 24.3 Å². The molecule has 0 saturated heterocycles. The lowest BCUT2D eigenvalue weighted by Gasteiger charge is -2.30. The molecule has 0 unspecified atom stereocenters. The van der Waals surface area contributed by atoms with Crippen LogP contribution in [0.3, 0.4) is 0 Å². The molecule has 1 aromatic carbocycles. The second-order valence-electron chi connectivity index (χ2n) is 4.93. The minimum atomic E-state index is -0.236. The van der Waals surface area contributed by atoms with Gasteiger partial charge in [-0.1, -0.05) is 19.8 Å². The van der Waals surface area contributed by atoms with Crippen molar-refractivity contribution in [2.24, 2.45) is 0 Å². The number of rotatable bonds is 3. The third-order valence-corrected chi connectivity index (χ3v) is 3.92. The van der Waals surface area contributed by atoms with Gasteiger partial charge in [0, 0.05) is 11.2 Å². The molecule has 1 aromatic rings. The maximum absolute atomic E-state index is 12.8. The number of anilines is 1. The highest BCUT2D eigenvalue weighted by molar-refractivity contribution is 7.80. The number of thiocarbonyl (C=S) groups is 1. The Morgan fingerprint density at radius 3 is 2.44 bits per heavy atom. The van der Waals surface area contributed by atoms with E-state index in [4.69, 9.17) is 12.2 Å². The first kappa shape index (κ1) is 13.3. The fourth-order valence-corrected chi connectivity index (χ4v) is 2.89. The third kappa shape index (κ3) is 3.19. The van der Waals surface area contributed by atoms with Gasteiger partial charge in [-0.2, -0.15) is 0 Å². The van der Waals surface area contributed by atoms with Gasteiger partial charge in [0.15, 0.2) is 5.11 Å². The molecule has 0 aliphatic heterocycles. The summed E-state index contributed by atoms with van der Waals surface area (Å²) in [5.74, 6) is -0.236. The van der Waals surface area contributed by atoms with Gasteiger partial charge in [0.1, 0.15) is 5.82 Å². The Balaban J connectivity index is 1.94. The Bertz CT molecular complexity index is 410. The average Bonchev–Trinajstić information content (AvgIpc) is 2.81. The van der Waals surface area contributed by atoms with Crippen LogP contribution < -0.4 is 10.6 Å². The average molecular weight is 266 g/mol. The molecule has 1 saturated carbocycles. The van der Waals surface area contributed by atoms with Crippen molar-refractivity contribution in [2.45, 2.75) is 44.6 Å². The fourth-order valence-electron chi connectivity index (χ4n) is 2.56. The molecule has 2 nitrogen and oxygen atoms in total. The highest BCUT2D eigenvalue weighted by Gasteiger charge is 2.32. The van der Waals surface area contributed by atoms with Gasteiger partial charge in [0.25, 0.3) is 0 Å². The number of hydrogen-bond acceptors (Lipinski definition) is 1. The van der Waals surface area contributed by atoms with E-state index in [2.05, 4.69) is 17.6 Å². The second kappa shape index (κ2) is 5.65. The van der Waals surface area contributed by atoms with Crippen molar-refractivity contribution < 1.29 is 4.39 Å². The molecule has 98 valence electrons. The standard InChI is InChI=1S/C14H19FN2S/c1-2-14(9-3-4-10-14)17-13(18)16-12-7-5-11(15)6-8-12/h5-8H,2-4,9-10H2,1H3,(H2,16,17,18). The zero-order valence-corrected chi connectivity index (χ0v) is 11.4. The molecule has 2 rings (SSSR count). The summed E-state index contributed by atoms with van der Waals surface area (Å²) in [6.07, 6.45) is 5.96. The van der Waals surface area contributed by atoms with Gasteiger partial charge in [-0.25, -0.2) is 4.39 Å². The van der Waals surface area contributed by atoms with Crippen LogP contribution in [0.1, 0.15) is 39.0 Å². The van der Waals surface area contributed by atoms with Crippen molar-refractivity contribution in [3.63, 3.8) is 0 Å². The van der Waals surface area contributed by atoms with Crippen LogP contribution in [-0.4, -0.2) is 10.7 Å². The first-order chi connectivity index (χ1) is 8.63. The van der Waals surface area contributed by atoms with Crippen LogP contribution in [0.25, 0.3) is 0 Å². The molecule has 0 amide bonds. The highest BCUT2D eigenvalue weighted by atomic mass is 32.1. The Morgan fingerprint density at radius 1 is 1.28 bits per heavy atom. The third-order valence-electron chi connectivity index (χ3n) is 3.72. The predicted octanol–water partition coefficient (Wildman–Crippen LogP) is 3.83. The van der Waals surface area contributed by atoms with Crippen molar-refractivity contribution in [2.75, 3.05) is 5.32 Å². The van der Waals surface area contributed by atoms with Crippen LogP contribution in [0.4, 0.5) is 10.1 Å². The van der Waals surface area contributed by atoms with Gasteiger partial charge in [0.05, 0.1) is 0 Å². The van der Waals surface area contributed by atoms with Gasteiger partial charge in [-0.15, -0.1) is 0 Å². The molecule has 4 heteroatoms. The Morgan fingerprint density at radius 2 is 1.89 bits per heavy atom. The first-order valence-corrected chi connectivity index (χ1v) is 6.89. The Kier molecular flexibility index (Phi) is 4.17. The monoisotopic (exact) mass is 266 g/mol. The van der Waals surface area contributed by atoms with E-state index in [1.807, 2.05) is 0 Å². The molecule has 2 N–H and O–H groups in total. The summed E-state index contributed by atoms with van der Waals surface area (Å²) in [6, 6.07) is 6.24. The van der Waals surface area contributed by atoms with Gasteiger partial charge in [-0.05, 0) is 55.7 Å². The molecule has 1 aliphatic carbocycles. The van der Waals surface area contributed by atoms with E-state index in [0.29, 0.717) is 5.11 Å². The smallest absolute Gasteiger partial charge is 0.171 e. The summed E-state index contributed by atoms with van der Waals surface area (Å²) in [7, 11) is 0. The maximum Gasteiger partial charge on any atom is 0.171 e. The summed E-state index contributed by atoms with van der Waals surface area (Å²) in [6.45, 7) is 2.19. The molecular weight excluding hydrogens is 247 g/mol. The van der Waals surface area contributed by atoms with E-state index >= 15 is 0 Å². The van der Waals surface area contributed by atoms with Crippen molar-refractivity contribution >= 4 is 23.0 Å². The molecule has 0 atom stereocenters. The van der Waals surface area contributed by atoms with Crippen LogP contribution in [0.2, 0.25) is 0 Å². The SMILES string of the molecule is CCC1(NC(=S)Nc2ccc(F)cc2)CCCC1. The lowest BCUT2D eigenvalue weighted by atomic mass is 9.95. The number of halogens is 1. The molecule has 1 aliphatic rings. The van der Waals surface area contributed by atoms with Crippen molar-refractivity contribution in [3.8, 4) is 0 Å². The summed E-state index contributed by atoms with van der Waals surface area (Å²) in [5, 5.41) is 7.17. The first-order valence-electron chi connectivity index (χ1n) is 6.48. The molecule has 18 heavy (non-hydrogen) atoms. The number of benzene rings is 1. The minimum Gasteiger partial charge on any atom is -0.357 e. The molecule has 0 spiro atoms. The fraction of sp³-hybridized carbons (Fsp3) is 0.500. The minimum absolute atomic E-state index is 0.157. The van der Waals surface area contributed by atoms with Gasteiger partial charge in [-0.3, -0.25) is 0 Å². The van der Waals surface area contributed by atoms with Crippen LogP contribution in [-0.2, 0) is 0 Å². The van der Waals surface area contributed by atoms with Gasteiger partial charge >= 0.3 is 0 Å². The van der Waals surface area contributed by atoms with Crippen LogP contribution in [0.5, 0.6) is 0 Å². The quantitative estimate of drug-likeness (QED) is 0.813. The topological polar surface area (TPSA) is 24.1 Å². The predicted molar refractivity (Wildman–Crippen MR) is 77.2 cm³/mol. The van der Waals surface area contributed by atoms with Gasteiger partial charge < -0.3 is 10.6 Å². The zero-order chi connectivity index (χ0) is 13.0. The number of hydrogen-bond donors (Lipinski definition) is 2. The second-order valence-corrected chi connectivity index (χ2v) is 5.34. The zero-order valence-electron chi connectivity index (χ0n) is 10.6. The van der Waals surface area contributed by atoms with E-state index in [0.717, 1.165) is 12.1 Å². The Labute approximate surface area is 113 Å². The molecule has 0 radical (unpaired) electrons. The van der Waals surface area contributed by atoms with E-state index in [9.17, 15) is 4.39 Å². The summed E-state index contributed by atoms with van der Waals surface area (Å²) in [4.78, 5) is 0. The van der Waals surface area contributed by atoms with E-state index in [1.165, 1.54) is 37.8 Å². The van der Waals surface area contributed by atoms with Crippen LogP contribution in [0, 0.1) is 5.82 Å². The largest absolute Gasteiger partial charge is 0.357 e. The molecule has 0 aromatic heterocycles. The lowest BCUT2D eigenvalue weighted by Crippen LogP contribution is -2.47. The highest BCUT2D eigenvalue weighted by Crippen LogP contribution is 2.32. The van der Waals surface area contributed by atoms with Gasteiger partial charge in [0.2, 0.25) is 0 Å². The normalized spacial score (nSPS) is 17.4. The number of nitrogens with one attached hydrogen (secondary N) is 2. The molecular formula is C14H19FN2S. The lowest BCUT2D eigenvalue weighted by molar-refractivity contribution is 0.378. The molecule has 0 heterocycles. The van der Waals surface area contributed by atoms with Crippen molar-refractivity contribution in [3.05, 3.63) is 30.1 Å². The Hall–Kier alpha value is -1.16. The van der Waals surface area contributed by atoms with Crippen LogP contribution >= 0.6 is 12.2 Å². The molecule has 1 fully saturated rings. The summed E-state index contributed by atoms with van der Waals surface area (Å²) in [5.41, 5.74) is 0.975. The van der Waals surface area contributed by atoms with Crippen molar-refractivity contribution in [1.82, 2.24) is 5.32 Å². The van der Waals surface area contributed by atoms with E-state index in [-0.39, 0.29) is 11.4 Å². The molecule has 0 bridgehead atoms. The summed E-state index contributed by atoms with van der Waals surface area (Å²) < 4.78 is 12.8. The summed E-state index contributed by atoms with van der Waals surface area (Å²) >= 11 is 5.33. The van der Waals surface area contributed by atoms with Crippen molar-refractivity contribution in [1.29, 1.82) is 0 Å².